The van der Waals surface area contributed by atoms with Crippen LogP contribution >= 0.6 is 0 Å². The van der Waals surface area contributed by atoms with Gasteiger partial charge in [-0.05, 0) is 19.4 Å². The summed E-state index contributed by atoms with van der Waals surface area (Å²) in [6.45, 7) is 3.30. The van der Waals surface area contributed by atoms with Gasteiger partial charge in [0.25, 0.3) is 5.56 Å². The van der Waals surface area contributed by atoms with Crippen LogP contribution in [-0.4, -0.2) is 27.4 Å². The third-order valence-electron chi connectivity index (χ3n) is 2.72. The largest absolute Gasteiger partial charge is 0.393 e. The molecule has 0 saturated heterocycles. The number of aromatic amines is 1. The number of ether oxygens (including phenoxy) is 1. The van der Waals surface area contributed by atoms with Gasteiger partial charge in [-0.3, -0.25) is 14.3 Å². The maximum absolute atomic E-state index is 11.7. The first-order valence-electron chi connectivity index (χ1n) is 5.29. The number of aryl methyl sites for hydroxylation is 1. The number of hydrogen-bond donors (Lipinski definition) is 2. The molecule has 0 bridgehead atoms. The number of aromatic nitrogens is 2. The number of aliphatic hydroxyl groups is 1. The van der Waals surface area contributed by atoms with Gasteiger partial charge in [0.15, 0.2) is 6.23 Å². The number of rotatable bonds is 2. The fourth-order valence-electron chi connectivity index (χ4n) is 1.83. The summed E-state index contributed by atoms with van der Waals surface area (Å²) in [4.78, 5) is 25.1. The molecule has 0 aromatic carbocycles. The molecule has 0 radical (unpaired) electrons. The van der Waals surface area contributed by atoms with Gasteiger partial charge in [-0.1, -0.05) is 6.08 Å². The SMILES string of the molecule is CC1=C[C@H](CO)O[C@@H]1n1cc(C)c(=O)[nH]c1=O. The minimum absolute atomic E-state index is 0.134. The van der Waals surface area contributed by atoms with Gasteiger partial charge < -0.3 is 9.84 Å². The summed E-state index contributed by atoms with van der Waals surface area (Å²) in [6.07, 6.45) is 2.26. The standard InChI is InChI=1S/C11H14N2O4/c1-6-3-8(5-14)17-10(6)13-4-7(2)9(15)12-11(13)16/h3-4,8,10,14H,5H2,1-2H3,(H,12,15,16)/t8-,10+/m1/s1. The van der Waals surface area contributed by atoms with Crippen LogP contribution in [0, 0.1) is 6.92 Å². The van der Waals surface area contributed by atoms with Crippen LogP contribution in [0.25, 0.3) is 0 Å². The van der Waals surface area contributed by atoms with Crippen molar-refractivity contribution in [1.82, 2.24) is 9.55 Å². The van der Waals surface area contributed by atoms with Crippen LogP contribution in [0.2, 0.25) is 0 Å². The zero-order valence-corrected chi connectivity index (χ0v) is 9.64. The van der Waals surface area contributed by atoms with E-state index in [0.29, 0.717) is 5.56 Å². The van der Waals surface area contributed by atoms with E-state index >= 15 is 0 Å². The second-order valence-electron chi connectivity index (χ2n) is 4.10. The maximum atomic E-state index is 11.7. The van der Waals surface area contributed by atoms with E-state index in [4.69, 9.17) is 9.84 Å². The summed E-state index contributed by atoms with van der Waals surface area (Å²) in [5.74, 6) is 0. The molecule has 0 spiro atoms. The summed E-state index contributed by atoms with van der Waals surface area (Å²) in [5, 5.41) is 9.00. The van der Waals surface area contributed by atoms with Crippen molar-refractivity contribution in [3.63, 3.8) is 0 Å². The molecule has 2 heterocycles. The van der Waals surface area contributed by atoms with Gasteiger partial charge >= 0.3 is 5.69 Å². The van der Waals surface area contributed by atoms with E-state index in [0.717, 1.165) is 5.57 Å². The first-order chi connectivity index (χ1) is 8.02. The Kier molecular flexibility index (Phi) is 2.99. The van der Waals surface area contributed by atoms with Crippen molar-refractivity contribution in [2.75, 3.05) is 6.61 Å². The smallest absolute Gasteiger partial charge is 0.330 e. The van der Waals surface area contributed by atoms with Gasteiger partial charge in [0, 0.05) is 11.8 Å². The van der Waals surface area contributed by atoms with Crippen LogP contribution in [0.1, 0.15) is 18.7 Å². The Hall–Kier alpha value is -1.66. The number of hydrogen-bond acceptors (Lipinski definition) is 4. The van der Waals surface area contributed by atoms with Crippen LogP contribution in [0.5, 0.6) is 0 Å². The predicted molar refractivity (Wildman–Crippen MR) is 60.8 cm³/mol. The van der Waals surface area contributed by atoms with Gasteiger partial charge in [0.05, 0.1) is 6.61 Å². The third-order valence-corrected chi connectivity index (χ3v) is 2.72. The average Bonchev–Trinajstić information content (AvgIpc) is 2.65. The summed E-state index contributed by atoms with van der Waals surface area (Å²) in [7, 11) is 0. The topological polar surface area (TPSA) is 84.3 Å². The lowest BCUT2D eigenvalue weighted by Crippen LogP contribution is -2.34. The molecule has 6 heteroatoms. The van der Waals surface area contributed by atoms with Crippen LogP contribution in [-0.2, 0) is 4.74 Å². The third kappa shape index (κ3) is 2.09. The molecule has 2 N–H and O–H groups in total. The monoisotopic (exact) mass is 238 g/mol. The zero-order valence-electron chi connectivity index (χ0n) is 9.64. The molecule has 17 heavy (non-hydrogen) atoms. The Morgan fingerprint density at radius 3 is 2.76 bits per heavy atom. The first-order valence-corrected chi connectivity index (χ1v) is 5.29. The average molecular weight is 238 g/mol. The van der Waals surface area contributed by atoms with E-state index in [1.807, 2.05) is 6.92 Å². The van der Waals surface area contributed by atoms with Crippen molar-refractivity contribution < 1.29 is 9.84 Å². The quantitative estimate of drug-likeness (QED) is 0.692. The van der Waals surface area contributed by atoms with Crippen molar-refractivity contribution in [1.29, 1.82) is 0 Å². The lowest BCUT2D eigenvalue weighted by molar-refractivity contribution is -0.0144. The maximum Gasteiger partial charge on any atom is 0.330 e. The summed E-state index contributed by atoms with van der Waals surface area (Å²) < 4.78 is 6.80. The van der Waals surface area contributed by atoms with Gasteiger partial charge in [0.2, 0.25) is 0 Å². The minimum Gasteiger partial charge on any atom is -0.393 e. The Morgan fingerprint density at radius 1 is 1.47 bits per heavy atom. The lowest BCUT2D eigenvalue weighted by Gasteiger charge is -2.17. The molecule has 0 amide bonds. The van der Waals surface area contributed by atoms with Gasteiger partial charge in [-0.2, -0.15) is 0 Å². The van der Waals surface area contributed by atoms with Crippen molar-refractivity contribution in [3.8, 4) is 0 Å². The highest BCUT2D eigenvalue weighted by atomic mass is 16.5. The highest BCUT2D eigenvalue weighted by Gasteiger charge is 2.26. The molecule has 0 saturated carbocycles. The number of nitrogens with zero attached hydrogens (tertiary/aromatic N) is 1. The highest BCUT2D eigenvalue weighted by Crippen LogP contribution is 2.26. The van der Waals surface area contributed by atoms with Crippen LogP contribution in [0.4, 0.5) is 0 Å². The molecule has 0 fully saturated rings. The number of nitrogens with one attached hydrogen (secondary N) is 1. The van der Waals surface area contributed by atoms with Crippen molar-refractivity contribution in [3.05, 3.63) is 44.2 Å². The van der Waals surface area contributed by atoms with Gasteiger partial charge in [-0.15, -0.1) is 0 Å². The van der Waals surface area contributed by atoms with Crippen molar-refractivity contribution in [2.45, 2.75) is 26.2 Å². The molecule has 92 valence electrons. The Balaban J connectivity index is 2.43. The minimum atomic E-state index is -0.560. The van der Waals surface area contributed by atoms with E-state index in [9.17, 15) is 9.59 Å². The molecule has 2 atom stereocenters. The van der Waals surface area contributed by atoms with E-state index in [-0.39, 0.29) is 6.61 Å². The highest BCUT2D eigenvalue weighted by molar-refractivity contribution is 5.14. The molecule has 0 unspecified atom stereocenters. The van der Waals surface area contributed by atoms with E-state index < -0.39 is 23.6 Å². The molecule has 1 aromatic rings. The molecule has 1 aliphatic heterocycles. The predicted octanol–water partition coefficient (Wildman–Crippen LogP) is -0.319. The Bertz CT molecular complexity index is 570. The normalized spacial score (nSPS) is 23.8. The summed E-state index contributed by atoms with van der Waals surface area (Å²) >= 11 is 0. The number of H-pyrrole nitrogens is 1. The Morgan fingerprint density at radius 2 is 2.18 bits per heavy atom. The molecule has 6 nitrogen and oxygen atoms in total. The van der Waals surface area contributed by atoms with Crippen molar-refractivity contribution in [2.24, 2.45) is 0 Å². The molecule has 2 rings (SSSR count). The van der Waals surface area contributed by atoms with Gasteiger partial charge in [0.1, 0.15) is 6.10 Å². The summed E-state index contributed by atoms with van der Waals surface area (Å²) in [5.41, 5.74) is 0.354. The van der Waals surface area contributed by atoms with E-state index in [1.165, 1.54) is 10.8 Å². The molecular weight excluding hydrogens is 224 g/mol. The second kappa shape index (κ2) is 4.31. The Labute approximate surface area is 97.2 Å². The first kappa shape index (κ1) is 11.8. The van der Waals surface area contributed by atoms with Crippen LogP contribution in [0.3, 0.4) is 0 Å². The fourth-order valence-corrected chi connectivity index (χ4v) is 1.83. The molecule has 1 aliphatic rings. The zero-order chi connectivity index (χ0) is 12.6. The molecule has 0 aliphatic carbocycles. The van der Waals surface area contributed by atoms with Crippen LogP contribution < -0.4 is 11.2 Å². The molecule has 1 aromatic heterocycles. The van der Waals surface area contributed by atoms with E-state index in [2.05, 4.69) is 4.98 Å². The lowest BCUT2D eigenvalue weighted by atomic mass is 10.2. The van der Waals surface area contributed by atoms with E-state index in [1.54, 1.807) is 13.0 Å². The molecular formula is C11H14N2O4. The van der Waals surface area contributed by atoms with Crippen molar-refractivity contribution >= 4 is 0 Å². The van der Waals surface area contributed by atoms with Crippen LogP contribution in [0.15, 0.2) is 27.4 Å². The fraction of sp³-hybridized carbons (Fsp3) is 0.455. The summed E-state index contributed by atoms with van der Waals surface area (Å²) in [6, 6.07) is 0. The second-order valence-corrected chi connectivity index (χ2v) is 4.10. The van der Waals surface area contributed by atoms with Gasteiger partial charge in [-0.25, -0.2) is 4.79 Å². The number of aliphatic hydroxyl groups excluding tert-OH is 1.